The first-order chi connectivity index (χ1) is 8.25. The third-order valence-corrected chi connectivity index (χ3v) is 2.46. The molecule has 0 fully saturated rings. The van der Waals surface area contributed by atoms with E-state index in [1.54, 1.807) is 13.1 Å². The van der Waals surface area contributed by atoms with Gasteiger partial charge in [0.2, 0.25) is 0 Å². The summed E-state index contributed by atoms with van der Waals surface area (Å²) in [6, 6.07) is 3.73. The van der Waals surface area contributed by atoms with Crippen molar-refractivity contribution in [3.05, 3.63) is 24.0 Å². The molecule has 84 valence electrons. The van der Waals surface area contributed by atoms with Crippen molar-refractivity contribution in [2.45, 2.75) is 6.92 Å². The van der Waals surface area contributed by atoms with E-state index in [1.165, 1.54) is 0 Å². The third-order valence-electron chi connectivity index (χ3n) is 2.46. The molecule has 3 N–H and O–H groups in total. The Balaban J connectivity index is 2.27. The summed E-state index contributed by atoms with van der Waals surface area (Å²) in [7, 11) is 0. The molecule has 3 aromatic rings. The minimum atomic E-state index is 0.302. The van der Waals surface area contributed by atoms with Crippen molar-refractivity contribution >= 4 is 17.0 Å². The fourth-order valence-electron chi connectivity index (χ4n) is 1.68. The van der Waals surface area contributed by atoms with Gasteiger partial charge in [0, 0.05) is 6.20 Å². The van der Waals surface area contributed by atoms with Gasteiger partial charge < -0.3 is 10.7 Å². The van der Waals surface area contributed by atoms with E-state index < -0.39 is 0 Å². The highest BCUT2D eigenvalue weighted by atomic mass is 15.3. The average molecular weight is 227 g/mol. The Labute approximate surface area is 96.1 Å². The second-order valence-corrected chi connectivity index (χ2v) is 3.60. The van der Waals surface area contributed by atoms with Crippen LogP contribution in [0.25, 0.3) is 22.6 Å². The number of aromatic amines is 1. The molecule has 0 unspecified atom stereocenters. The van der Waals surface area contributed by atoms with Gasteiger partial charge in [0.1, 0.15) is 5.82 Å². The molecule has 7 heteroatoms. The number of fused-ring (bicyclic) bond motifs is 1. The number of rotatable bonds is 1. The quantitative estimate of drug-likeness (QED) is 0.633. The van der Waals surface area contributed by atoms with E-state index in [-0.39, 0.29) is 0 Å². The molecule has 0 radical (unpaired) electrons. The number of imidazole rings is 1. The van der Waals surface area contributed by atoms with Crippen molar-refractivity contribution in [3.63, 3.8) is 0 Å². The lowest BCUT2D eigenvalue weighted by molar-refractivity contribution is 0.848. The smallest absolute Gasteiger partial charge is 0.178 e. The molecule has 7 nitrogen and oxygen atoms in total. The molecule has 0 amide bonds. The normalized spacial score (nSPS) is 10.9. The largest absolute Gasteiger partial charge is 0.381 e. The van der Waals surface area contributed by atoms with Crippen LogP contribution in [0, 0.1) is 6.92 Å². The number of hydrogen-bond donors (Lipinski definition) is 2. The van der Waals surface area contributed by atoms with Crippen molar-refractivity contribution < 1.29 is 0 Å². The number of pyridine rings is 1. The van der Waals surface area contributed by atoms with Gasteiger partial charge in [-0.1, -0.05) is 0 Å². The number of nitrogens with zero attached hydrogens (tertiary/aromatic N) is 5. The van der Waals surface area contributed by atoms with Crippen LogP contribution in [0.3, 0.4) is 0 Å². The molecule has 0 saturated carbocycles. The van der Waals surface area contributed by atoms with Crippen LogP contribution in [0.2, 0.25) is 0 Å². The van der Waals surface area contributed by atoms with Crippen LogP contribution < -0.4 is 5.73 Å². The minimum absolute atomic E-state index is 0.302. The molecule has 0 aliphatic carbocycles. The monoisotopic (exact) mass is 227 g/mol. The van der Waals surface area contributed by atoms with Gasteiger partial charge in [-0.15, -0.1) is 10.2 Å². The molecular weight excluding hydrogens is 218 g/mol. The van der Waals surface area contributed by atoms with Crippen molar-refractivity contribution in [2.75, 3.05) is 5.73 Å². The summed E-state index contributed by atoms with van der Waals surface area (Å²) in [6.45, 7) is 1.81. The molecule has 0 aliphatic heterocycles. The van der Waals surface area contributed by atoms with Gasteiger partial charge >= 0.3 is 0 Å². The zero-order valence-electron chi connectivity index (χ0n) is 9.05. The highest BCUT2D eigenvalue weighted by Crippen LogP contribution is 2.24. The molecule has 0 aromatic carbocycles. The van der Waals surface area contributed by atoms with Crippen LogP contribution in [0.1, 0.15) is 5.69 Å². The summed E-state index contributed by atoms with van der Waals surface area (Å²) in [5.41, 5.74) is 8.61. The first kappa shape index (κ1) is 9.64. The Hall–Kier alpha value is -2.57. The van der Waals surface area contributed by atoms with Crippen molar-refractivity contribution in [3.8, 4) is 11.4 Å². The molecule has 3 rings (SSSR count). The second-order valence-electron chi connectivity index (χ2n) is 3.60. The van der Waals surface area contributed by atoms with E-state index in [1.807, 2.05) is 12.1 Å². The zero-order chi connectivity index (χ0) is 11.8. The van der Waals surface area contributed by atoms with E-state index in [0.29, 0.717) is 28.5 Å². The van der Waals surface area contributed by atoms with Crippen LogP contribution in [0.15, 0.2) is 18.3 Å². The maximum absolute atomic E-state index is 5.78. The number of nitrogen functional groups attached to an aromatic ring is 1. The molecule has 3 heterocycles. The molecule has 17 heavy (non-hydrogen) atoms. The van der Waals surface area contributed by atoms with Gasteiger partial charge in [-0.25, -0.2) is 9.97 Å². The predicted octanol–water partition coefficient (Wildman–Crippen LogP) is 0.701. The fourth-order valence-corrected chi connectivity index (χ4v) is 1.68. The standard InChI is InChI=1S/C10H9N7/c1-5-7(8(11)16-17-15-5)10-13-6-3-2-4-12-9(6)14-10/h2-4H,1H3,(H2,11,15,16)(H,12,13,14). The third kappa shape index (κ3) is 1.48. The molecule has 0 atom stereocenters. The maximum atomic E-state index is 5.78. The van der Waals surface area contributed by atoms with Crippen LogP contribution >= 0.6 is 0 Å². The van der Waals surface area contributed by atoms with E-state index in [2.05, 4.69) is 30.4 Å². The van der Waals surface area contributed by atoms with Crippen LogP contribution in [0.5, 0.6) is 0 Å². The molecule has 0 aliphatic rings. The number of aryl methyl sites for hydroxylation is 1. The van der Waals surface area contributed by atoms with E-state index in [9.17, 15) is 0 Å². The van der Waals surface area contributed by atoms with Gasteiger partial charge in [-0.05, 0) is 24.3 Å². The van der Waals surface area contributed by atoms with Crippen LogP contribution in [0.4, 0.5) is 5.82 Å². The zero-order valence-corrected chi connectivity index (χ0v) is 9.05. The first-order valence-corrected chi connectivity index (χ1v) is 5.02. The van der Waals surface area contributed by atoms with Crippen molar-refractivity contribution in [2.24, 2.45) is 0 Å². The summed E-state index contributed by atoms with van der Waals surface area (Å²) in [5, 5.41) is 11.1. The highest BCUT2D eigenvalue weighted by molar-refractivity contribution is 5.79. The average Bonchev–Trinajstić information content (AvgIpc) is 2.71. The second kappa shape index (κ2) is 3.48. The SMILES string of the molecule is Cc1nnnc(N)c1-c1nc2ncccc2[nH]1. The number of hydrogen-bond acceptors (Lipinski definition) is 6. The number of anilines is 1. The maximum Gasteiger partial charge on any atom is 0.178 e. The summed E-state index contributed by atoms with van der Waals surface area (Å²) in [5.74, 6) is 0.910. The Bertz CT molecular complexity index is 635. The Kier molecular flexibility index (Phi) is 1.97. The first-order valence-electron chi connectivity index (χ1n) is 5.02. The van der Waals surface area contributed by atoms with E-state index >= 15 is 0 Å². The molecule has 0 bridgehead atoms. The fraction of sp³-hybridized carbons (Fsp3) is 0.100. The molecular formula is C10H9N7. The highest BCUT2D eigenvalue weighted by Gasteiger charge is 2.13. The molecule has 0 saturated heterocycles. The number of aromatic nitrogens is 6. The topological polar surface area (TPSA) is 106 Å². The van der Waals surface area contributed by atoms with Crippen molar-refractivity contribution in [1.29, 1.82) is 0 Å². The summed E-state index contributed by atoms with van der Waals surface area (Å²) >= 11 is 0. The van der Waals surface area contributed by atoms with Gasteiger partial charge in [-0.3, -0.25) is 0 Å². The Morgan fingerprint density at radius 1 is 1.29 bits per heavy atom. The van der Waals surface area contributed by atoms with Gasteiger partial charge in [0.15, 0.2) is 11.5 Å². The number of H-pyrrole nitrogens is 1. The molecule has 3 aromatic heterocycles. The van der Waals surface area contributed by atoms with Crippen LogP contribution in [-0.2, 0) is 0 Å². The lowest BCUT2D eigenvalue weighted by Gasteiger charge is -2.01. The van der Waals surface area contributed by atoms with Crippen LogP contribution in [-0.4, -0.2) is 30.4 Å². The lowest BCUT2D eigenvalue weighted by Crippen LogP contribution is -2.02. The summed E-state index contributed by atoms with van der Waals surface area (Å²) in [4.78, 5) is 11.6. The Morgan fingerprint density at radius 3 is 2.94 bits per heavy atom. The number of nitrogens with one attached hydrogen (secondary N) is 1. The summed E-state index contributed by atoms with van der Waals surface area (Å²) < 4.78 is 0. The van der Waals surface area contributed by atoms with Gasteiger partial charge in [0.05, 0.1) is 16.8 Å². The minimum Gasteiger partial charge on any atom is -0.381 e. The predicted molar refractivity (Wildman–Crippen MR) is 61.9 cm³/mol. The summed E-state index contributed by atoms with van der Waals surface area (Å²) in [6.07, 6.45) is 1.69. The Morgan fingerprint density at radius 2 is 2.18 bits per heavy atom. The molecule has 0 spiro atoms. The van der Waals surface area contributed by atoms with E-state index in [0.717, 1.165) is 5.52 Å². The lowest BCUT2D eigenvalue weighted by atomic mass is 10.2. The number of nitrogens with two attached hydrogens (primary N) is 1. The van der Waals surface area contributed by atoms with Crippen molar-refractivity contribution in [1.82, 2.24) is 30.4 Å². The van der Waals surface area contributed by atoms with E-state index in [4.69, 9.17) is 5.73 Å². The van der Waals surface area contributed by atoms with Gasteiger partial charge in [-0.2, -0.15) is 0 Å². The van der Waals surface area contributed by atoms with Gasteiger partial charge in [0.25, 0.3) is 0 Å².